The largest absolute Gasteiger partial charge is 0.349 e. The average molecular weight is 304 g/mol. The summed E-state index contributed by atoms with van der Waals surface area (Å²) in [4.78, 5) is 15.8. The molecule has 1 fully saturated rings. The van der Waals surface area contributed by atoms with E-state index in [1.54, 1.807) is 6.07 Å². The SMILES string of the molecule is C[C@H](NC(=O)c1cnc(Cl)c(Br)c1)C1CC1. The summed E-state index contributed by atoms with van der Waals surface area (Å²) in [6.45, 7) is 2.04. The highest BCUT2D eigenvalue weighted by Gasteiger charge is 2.29. The van der Waals surface area contributed by atoms with Gasteiger partial charge in [0.2, 0.25) is 0 Å². The lowest BCUT2D eigenvalue weighted by Crippen LogP contribution is -2.34. The molecular formula is C11H12BrClN2O. The lowest BCUT2D eigenvalue weighted by Gasteiger charge is -2.12. The molecule has 1 amide bonds. The van der Waals surface area contributed by atoms with E-state index in [9.17, 15) is 4.79 Å². The lowest BCUT2D eigenvalue weighted by molar-refractivity contribution is 0.0935. The Bertz CT molecular complexity index is 420. The molecule has 3 nitrogen and oxygen atoms in total. The number of aromatic nitrogens is 1. The predicted octanol–water partition coefficient (Wildman–Crippen LogP) is 3.03. The van der Waals surface area contributed by atoms with Crippen molar-refractivity contribution in [3.05, 3.63) is 27.5 Å². The van der Waals surface area contributed by atoms with E-state index in [2.05, 4.69) is 26.2 Å². The first-order valence-corrected chi connectivity index (χ1v) is 6.37. The van der Waals surface area contributed by atoms with Gasteiger partial charge < -0.3 is 5.32 Å². The highest BCUT2D eigenvalue weighted by atomic mass is 79.9. The predicted molar refractivity (Wildman–Crippen MR) is 66.6 cm³/mol. The van der Waals surface area contributed by atoms with Crippen molar-refractivity contribution in [1.82, 2.24) is 10.3 Å². The van der Waals surface area contributed by atoms with E-state index in [1.165, 1.54) is 19.0 Å². The van der Waals surface area contributed by atoms with E-state index in [-0.39, 0.29) is 11.9 Å². The van der Waals surface area contributed by atoms with Gasteiger partial charge in [-0.2, -0.15) is 0 Å². The number of amides is 1. The Labute approximate surface area is 108 Å². The van der Waals surface area contributed by atoms with Crippen molar-refractivity contribution in [2.75, 3.05) is 0 Å². The Balaban J connectivity index is 2.05. The second-order valence-electron chi connectivity index (χ2n) is 4.10. The molecule has 1 aromatic heterocycles. The Kier molecular flexibility index (Phi) is 3.50. The molecule has 1 atom stereocenters. The van der Waals surface area contributed by atoms with Gasteiger partial charge in [-0.25, -0.2) is 4.98 Å². The average Bonchev–Trinajstić information content (AvgIpc) is 3.05. The molecule has 5 heteroatoms. The fourth-order valence-corrected chi connectivity index (χ4v) is 2.00. The quantitative estimate of drug-likeness (QED) is 0.872. The number of carbonyl (C=O) groups excluding carboxylic acids is 1. The first-order chi connectivity index (χ1) is 7.58. The molecule has 1 aliphatic carbocycles. The summed E-state index contributed by atoms with van der Waals surface area (Å²) >= 11 is 9.01. The Morgan fingerprint density at radius 3 is 2.94 bits per heavy atom. The van der Waals surface area contributed by atoms with Crippen molar-refractivity contribution < 1.29 is 4.79 Å². The van der Waals surface area contributed by atoms with Gasteiger partial charge in [0.05, 0.1) is 10.0 Å². The fraction of sp³-hybridized carbons (Fsp3) is 0.455. The molecule has 16 heavy (non-hydrogen) atoms. The molecule has 0 aliphatic heterocycles. The number of rotatable bonds is 3. The highest BCUT2D eigenvalue weighted by Crippen LogP contribution is 2.32. The van der Waals surface area contributed by atoms with Crippen molar-refractivity contribution in [1.29, 1.82) is 0 Å². The van der Waals surface area contributed by atoms with Crippen LogP contribution in [0, 0.1) is 5.92 Å². The van der Waals surface area contributed by atoms with Crippen molar-refractivity contribution in [2.24, 2.45) is 5.92 Å². The number of nitrogens with one attached hydrogen (secondary N) is 1. The maximum Gasteiger partial charge on any atom is 0.253 e. The number of pyridine rings is 1. The Hall–Kier alpha value is -0.610. The summed E-state index contributed by atoms with van der Waals surface area (Å²) in [6, 6.07) is 1.92. The van der Waals surface area contributed by atoms with E-state index < -0.39 is 0 Å². The molecule has 0 spiro atoms. The van der Waals surface area contributed by atoms with Crippen molar-refractivity contribution >= 4 is 33.4 Å². The van der Waals surface area contributed by atoms with Gasteiger partial charge in [-0.15, -0.1) is 0 Å². The van der Waals surface area contributed by atoms with Gasteiger partial charge in [0, 0.05) is 12.2 Å². The summed E-state index contributed by atoms with van der Waals surface area (Å²) in [6.07, 6.45) is 3.91. The van der Waals surface area contributed by atoms with Crippen LogP contribution < -0.4 is 5.32 Å². The molecule has 1 aliphatic rings. The monoisotopic (exact) mass is 302 g/mol. The van der Waals surface area contributed by atoms with E-state index in [1.807, 2.05) is 6.92 Å². The molecule has 1 N–H and O–H groups in total. The molecule has 1 aromatic rings. The summed E-state index contributed by atoms with van der Waals surface area (Å²) in [7, 11) is 0. The minimum absolute atomic E-state index is 0.0933. The number of halogens is 2. The van der Waals surface area contributed by atoms with Gasteiger partial charge in [-0.05, 0) is 47.7 Å². The molecule has 0 unspecified atom stereocenters. The summed E-state index contributed by atoms with van der Waals surface area (Å²) in [5.41, 5.74) is 0.531. The second kappa shape index (κ2) is 4.72. The van der Waals surface area contributed by atoms with Gasteiger partial charge in [0.15, 0.2) is 0 Å². The van der Waals surface area contributed by atoms with Crippen LogP contribution >= 0.6 is 27.5 Å². The molecule has 1 heterocycles. The molecule has 86 valence electrons. The molecule has 2 rings (SSSR count). The zero-order chi connectivity index (χ0) is 11.7. The van der Waals surface area contributed by atoms with E-state index in [0.717, 1.165) is 0 Å². The van der Waals surface area contributed by atoms with Gasteiger partial charge in [0.1, 0.15) is 5.15 Å². The van der Waals surface area contributed by atoms with E-state index >= 15 is 0 Å². The van der Waals surface area contributed by atoms with Crippen LogP contribution in [0.15, 0.2) is 16.7 Å². The van der Waals surface area contributed by atoms with Crippen LogP contribution in [0.25, 0.3) is 0 Å². The maximum atomic E-state index is 11.8. The topological polar surface area (TPSA) is 42.0 Å². The smallest absolute Gasteiger partial charge is 0.253 e. The van der Waals surface area contributed by atoms with Crippen molar-refractivity contribution in [2.45, 2.75) is 25.8 Å². The van der Waals surface area contributed by atoms with Crippen LogP contribution in [0.1, 0.15) is 30.1 Å². The van der Waals surface area contributed by atoms with Crippen molar-refractivity contribution in [3.8, 4) is 0 Å². The normalized spacial score (nSPS) is 16.9. The number of hydrogen-bond acceptors (Lipinski definition) is 2. The fourth-order valence-electron chi connectivity index (χ4n) is 1.55. The first kappa shape index (κ1) is 11.9. The maximum absolute atomic E-state index is 11.8. The summed E-state index contributed by atoms with van der Waals surface area (Å²) in [5, 5.41) is 3.33. The van der Waals surface area contributed by atoms with Crippen LogP contribution in [0.3, 0.4) is 0 Å². The van der Waals surface area contributed by atoms with Crippen LogP contribution in [0.2, 0.25) is 5.15 Å². The third kappa shape index (κ3) is 2.74. The van der Waals surface area contributed by atoms with E-state index in [4.69, 9.17) is 11.6 Å². The molecule has 0 saturated heterocycles. The molecular weight excluding hydrogens is 291 g/mol. The minimum Gasteiger partial charge on any atom is -0.349 e. The third-order valence-electron chi connectivity index (χ3n) is 2.75. The summed E-state index contributed by atoms with van der Waals surface area (Å²) in [5.74, 6) is 0.553. The summed E-state index contributed by atoms with van der Waals surface area (Å²) < 4.78 is 0.640. The number of carbonyl (C=O) groups is 1. The highest BCUT2D eigenvalue weighted by molar-refractivity contribution is 9.10. The van der Waals surface area contributed by atoms with Crippen molar-refractivity contribution in [3.63, 3.8) is 0 Å². The van der Waals surface area contributed by atoms with Crippen LogP contribution in [0.4, 0.5) is 0 Å². The number of nitrogens with zero attached hydrogens (tertiary/aromatic N) is 1. The van der Waals surface area contributed by atoms with E-state index in [0.29, 0.717) is 21.1 Å². The van der Waals surface area contributed by atoms with Crippen LogP contribution in [0.5, 0.6) is 0 Å². The zero-order valence-corrected chi connectivity index (χ0v) is 11.2. The molecule has 0 bridgehead atoms. The molecule has 1 saturated carbocycles. The van der Waals surface area contributed by atoms with Crippen LogP contribution in [-0.4, -0.2) is 16.9 Å². The lowest BCUT2D eigenvalue weighted by atomic mass is 10.2. The van der Waals surface area contributed by atoms with Crippen LogP contribution in [-0.2, 0) is 0 Å². The Morgan fingerprint density at radius 2 is 2.38 bits per heavy atom. The number of hydrogen-bond donors (Lipinski definition) is 1. The van der Waals surface area contributed by atoms with Gasteiger partial charge in [-0.1, -0.05) is 11.6 Å². The first-order valence-electron chi connectivity index (χ1n) is 5.20. The van der Waals surface area contributed by atoms with Gasteiger partial charge >= 0.3 is 0 Å². The van der Waals surface area contributed by atoms with Gasteiger partial charge in [-0.3, -0.25) is 4.79 Å². The molecule has 0 aromatic carbocycles. The standard InChI is InChI=1S/C11H12BrClN2O/c1-6(7-2-3-7)15-11(16)8-4-9(12)10(13)14-5-8/h4-7H,2-3H2,1H3,(H,15,16)/t6-/m0/s1. The Morgan fingerprint density at radius 1 is 1.69 bits per heavy atom. The third-order valence-corrected chi connectivity index (χ3v) is 3.88. The molecule has 0 radical (unpaired) electrons. The van der Waals surface area contributed by atoms with Gasteiger partial charge in [0.25, 0.3) is 5.91 Å². The second-order valence-corrected chi connectivity index (χ2v) is 5.31. The zero-order valence-electron chi connectivity index (χ0n) is 8.84. The minimum atomic E-state index is -0.0933.